The van der Waals surface area contributed by atoms with Gasteiger partial charge in [-0.05, 0) is 28.1 Å². The van der Waals surface area contributed by atoms with Gasteiger partial charge in [-0.3, -0.25) is 4.79 Å². The van der Waals surface area contributed by atoms with Crippen LogP contribution in [0.1, 0.15) is 9.67 Å². The summed E-state index contributed by atoms with van der Waals surface area (Å²) in [6.07, 6.45) is 0. The first-order chi connectivity index (χ1) is 11.0. The summed E-state index contributed by atoms with van der Waals surface area (Å²) in [7, 11) is 5.07. The van der Waals surface area contributed by atoms with E-state index in [9.17, 15) is 4.79 Å². The van der Waals surface area contributed by atoms with E-state index in [0.29, 0.717) is 21.2 Å². The molecule has 3 rings (SSSR count). The highest BCUT2D eigenvalue weighted by Gasteiger charge is 2.12. The van der Waals surface area contributed by atoms with E-state index in [4.69, 9.17) is 9.47 Å². The van der Waals surface area contributed by atoms with Gasteiger partial charge in [-0.2, -0.15) is 4.99 Å². The Hall–Kier alpha value is -1.64. The fourth-order valence-corrected chi connectivity index (χ4v) is 4.43. The van der Waals surface area contributed by atoms with Crippen LogP contribution < -0.4 is 14.3 Å². The minimum atomic E-state index is -0.248. The summed E-state index contributed by atoms with van der Waals surface area (Å²) in [4.78, 5) is 17.7. The first-order valence-electron chi connectivity index (χ1n) is 6.59. The number of fused-ring (bicyclic) bond motifs is 1. The molecule has 2 aromatic heterocycles. The lowest BCUT2D eigenvalue weighted by Crippen LogP contribution is -2.12. The Balaban J connectivity index is 2.13. The predicted molar refractivity (Wildman–Crippen MR) is 95.8 cm³/mol. The molecule has 0 saturated carbocycles. The third kappa shape index (κ3) is 3.06. The molecule has 23 heavy (non-hydrogen) atoms. The second-order valence-electron chi connectivity index (χ2n) is 4.64. The third-order valence-electron chi connectivity index (χ3n) is 3.30. The normalized spacial score (nSPS) is 11.9. The van der Waals surface area contributed by atoms with Crippen LogP contribution in [0, 0.1) is 0 Å². The van der Waals surface area contributed by atoms with Crippen molar-refractivity contribution < 1.29 is 14.3 Å². The van der Waals surface area contributed by atoms with E-state index in [1.165, 1.54) is 22.7 Å². The fourth-order valence-electron chi connectivity index (χ4n) is 2.13. The molecular weight excluding hydrogens is 400 g/mol. The fraction of sp³-hybridized carbons (Fsp3) is 0.200. The highest BCUT2D eigenvalue weighted by molar-refractivity contribution is 9.11. The van der Waals surface area contributed by atoms with E-state index >= 15 is 0 Å². The molecule has 8 heteroatoms. The van der Waals surface area contributed by atoms with Crippen LogP contribution in [-0.2, 0) is 7.05 Å². The number of amides is 1. The van der Waals surface area contributed by atoms with Gasteiger partial charge in [0.15, 0.2) is 16.3 Å². The number of carbonyl (C=O) groups excluding carboxylic acids is 1. The van der Waals surface area contributed by atoms with Crippen molar-refractivity contribution in [2.75, 3.05) is 14.2 Å². The molecule has 0 unspecified atom stereocenters. The maximum atomic E-state index is 12.3. The van der Waals surface area contributed by atoms with Gasteiger partial charge in [-0.25, -0.2) is 0 Å². The average Bonchev–Trinajstić information content (AvgIpc) is 3.10. The molecule has 0 saturated heterocycles. The monoisotopic (exact) mass is 412 g/mol. The molecule has 0 spiro atoms. The second-order valence-corrected chi connectivity index (χ2v) is 8.11. The van der Waals surface area contributed by atoms with Crippen molar-refractivity contribution in [3.05, 3.63) is 37.7 Å². The Bertz CT molecular complexity index is 955. The largest absolute Gasteiger partial charge is 0.493 e. The highest BCUT2D eigenvalue weighted by Crippen LogP contribution is 2.33. The molecule has 0 aliphatic heterocycles. The molecule has 2 heterocycles. The molecule has 5 nitrogen and oxygen atoms in total. The number of rotatable bonds is 3. The highest BCUT2D eigenvalue weighted by atomic mass is 79.9. The number of hydrogen-bond acceptors (Lipinski definition) is 5. The van der Waals surface area contributed by atoms with Crippen LogP contribution in [0.2, 0.25) is 0 Å². The summed E-state index contributed by atoms with van der Waals surface area (Å²) < 4.78 is 14.4. The number of ether oxygens (including phenoxy) is 2. The summed E-state index contributed by atoms with van der Waals surface area (Å²) in [6.45, 7) is 0. The lowest BCUT2D eigenvalue weighted by molar-refractivity contribution is 0.100. The van der Waals surface area contributed by atoms with E-state index in [1.807, 2.05) is 29.8 Å². The molecule has 0 bridgehead atoms. The number of benzene rings is 1. The number of thiophene rings is 1. The molecule has 0 atom stereocenters. The first-order valence-corrected chi connectivity index (χ1v) is 9.02. The van der Waals surface area contributed by atoms with E-state index in [0.717, 1.165) is 14.0 Å². The Kier molecular flexibility index (Phi) is 4.56. The maximum Gasteiger partial charge on any atom is 0.289 e. The number of halogens is 1. The second kappa shape index (κ2) is 6.46. The standard InChI is InChI=1S/C15H13BrN2O3S2/c1-18-8-6-9(20-2)10(21-3)7-12(8)23-15(18)17-14(19)11-4-5-13(16)22-11/h4-7H,1-3H3. The summed E-state index contributed by atoms with van der Waals surface area (Å²) in [5, 5.41) is 0. The molecule has 1 amide bonds. The van der Waals surface area contributed by atoms with Crippen molar-refractivity contribution in [3.8, 4) is 11.5 Å². The third-order valence-corrected chi connectivity index (χ3v) is 6.00. The lowest BCUT2D eigenvalue weighted by Gasteiger charge is -2.07. The molecule has 0 fully saturated rings. The van der Waals surface area contributed by atoms with Crippen LogP contribution in [0.3, 0.4) is 0 Å². The number of carbonyl (C=O) groups is 1. The number of hydrogen-bond donors (Lipinski definition) is 0. The van der Waals surface area contributed by atoms with Gasteiger partial charge in [0, 0.05) is 19.2 Å². The summed E-state index contributed by atoms with van der Waals surface area (Å²) >= 11 is 6.16. The van der Waals surface area contributed by atoms with Gasteiger partial charge >= 0.3 is 0 Å². The van der Waals surface area contributed by atoms with Crippen molar-refractivity contribution >= 4 is 54.7 Å². The zero-order valence-electron chi connectivity index (χ0n) is 12.6. The minimum Gasteiger partial charge on any atom is -0.493 e. The summed E-state index contributed by atoms with van der Waals surface area (Å²) in [5.41, 5.74) is 0.937. The number of methoxy groups -OCH3 is 2. The average molecular weight is 413 g/mol. The van der Waals surface area contributed by atoms with Gasteiger partial charge in [0.25, 0.3) is 5.91 Å². The van der Waals surface area contributed by atoms with Gasteiger partial charge in [0.05, 0.1) is 33.1 Å². The first kappa shape index (κ1) is 16.2. The van der Waals surface area contributed by atoms with Crippen molar-refractivity contribution in [2.45, 2.75) is 0 Å². The van der Waals surface area contributed by atoms with Gasteiger partial charge in [-0.15, -0.1) is 11.3 Å². The topological polar surface area (TPSA) is 52.8 Å². The molecule has 0 aliphatic carbocycles. The molecule has 0 N–H and O–H groups in total. The van der Waals surface area contributed by atoms with Gasteiger partial charge < -0.3 is 14.0 Å². The van der Waals surface area contributed by atoms with E-state index in [2.05, 4.69) is 20.9 Å². The van der Waals surface area contributed by atoms with Gasteiger partial charge in [0.2, 0.25) is 0 Å². The van der Waals surface area contributed by atoms with Crippen LogP contribution in [0.25, 0.3) is 10.2 Å². The zero-order valence-corrected chi connectivity index (χ0v) is 15.8. The van der Waals surface area contributed by atoms with Gasteiger partial charge in [-0.1, -0.05) is 11.3 Å². The molecule has 1 aromatic carbocycles. The Labute approximate surface area is 148 Å². The summed E-state index contributed by atoms with van der Waals surface area (Å²) in [6, 6.07) is 7.38. The number of nitrogens with zero attached hydrogens (tertiary/aromatic N) is 2. The SMILES string of the molecule is COc1cc2sc(=NC(=O)c3ccc(Br)s3)n(C)c2cc1OC. The van der Waals surface area contributed by atoms with Crippen LogP contribution in [0.4, 0.5) is 0 Å². The van der Waals surface area contributed by atoms with Crippen LogP contribution >= 0.6 is 38.6 Å². The summed E-state index contributed by atoms with van der Waals surface area (Å²) in [5.74, 6) is 1.05. The Morgan fingerprint density at radius 2 is 1.87 bits per heavy atom. The van der Waals surface area contributed by atoms with Crippen LogP contribution in [-0.4, -0.2) is 24.7 Å². The molecular formula is C15H13BrN2O3S2. The molecule has 3 aromatic rings. The Morgan fingerprint density at radius 3 is 2.48 bits per heavy atom. The van der Waals surface area contributed by atoms with Crippen LogP contribution in [0.5, 0.6) is 11.5 Å². The smallest absolute Gasteiger partial charge is 0.289 e. The van der Waals surface area contributed by atoms with Crippen LogP contribution in [0.15, 0.2) is 33.0 Å². The van der Waals surface area contributed by atoms with Crippen molar-refractivity contribution in [3.63, 3.8) is 0 Å². The maximum absolute atomic E-state index is 12.3. The van der Waals surface area contributed by atoms with Crippen molar-refractivity contribution in [1.29, 1.82) is 0 Å². The van der Waals surface area contributed by atoms with E-state index in [1.54, 1.807) is 20.3 Å². The molecule has 0 radical (unpaired) electrons. The zero-order chi connectivity index (χ0) is 16.6. The number of aromatic nitrogens is 1. The quantitative estimate of drug-likeness (QED) is 0.656. The van der Waals surface area contributed by atoms with Gasteiger partial charge in [0.1, 0.15) is 0 Å². The van der Waals surface area contributed by atoms with E-state index in [-0.39, 0.29) is 5.91 Å². The predicted octanol–water partition coefficient (Wildman–Crippen LogP) is 3.82. The lowest BCUT2D eigenvalue weighted by atomic mass is 10.3. The molecule has 0 aliphatic rings. The van der Waals surface area contributed by atoms with Crippen molar-refractivity contribution in [2.24, 2.45) is 12.0 Å². The Morgan fingerprint density at radius 1 is 1.17 bits per heavy atom. The van der Waals surface area contributed by atoms with Crippen molar-refractivity contribution in [1.82, 2.24) is 4.57 Å². The minimum absolute atomic E-state index is 0.248. The number of aryl methyl sites for hydroxylation is 1. The molecule has 120 valence electrons. The number of thiazole rings is 1. The van der Waals surface area contributed by atoms with E-state index < -0.39 is 0 Å².